The van der Waals surface area contributed by atoms with Gasteiger partial charge >= 0.3 is 5.97 Å². The van der Waals surface area contributed by atoms with Crippen molar-refractivity contribution in [2.45, 2.75) is 44.1 Å². The van der Waals surface area contributed by atoms with Crippen molar-refractivity contribution in [1.29, 1.82) is 0 Å². The molecule has 1 saturated heterocycles. The summed E-state index contributed by atoms with van der Waals surface area (Å²) in [5, 5.41) is 0. The monoisotopic (exact) mass is 346 g/mol. The Morgan fingerprint density at radius 3 is 2.32 bits per heavy atom. The fraction of sp³-hybridized carbons (Fsp3) is 0.526. The molecule has 1 fully saturated rings. The van der Waals surface area contributed by atoms with Crippen molar-refractivity contribution in [1.82, 2.24) is 4.90 Å². The van der Waals surface area contributed by atoms with Gasteiger partial charge < -0.3 is 15.4 Å². The van der Waals surface area contributed by atoms with Gasteiger partial charge in [0.25, 0.3) is 0 Å². The van der Waals surface area contributed by atoms with Gasteiger partial charge in [-0.3, -0.25) is 14.4 Å². The van der Waals surface area contributed by atoms with Crippen LogP contribution in [0.2, 0.25) is 0 Å². The molecule has 1 aromatic carbocycles. The van der Waals surface area contributed by atoms with Gasteiger partial charge in [-0.1, -0.05) is 30.3 Å². The lowest BCUT2D eigenvalue weighted by molar-refractivity contribution is -0.142. The van der Waals surface area contributed by atoms with E-state index in [1.54, 1.807) is 11.8 Å². The van der Waals surface area contributed by atoms with E-state index in [0.717, 1.165) is 5.56 Å². The van der Waals surface area contributed by atoms with Crippen LogP contribution < -0.4 is 5.73 Å². The van der Waals surface area contributed by atoms with E-state index in [2.05, 4.69) is 4.74 Å². The number of carbonyl (C=O) groups excluding carboxylic acids is 3. The molecule has 2 N–H and O–H groups in total. The first-order chi connectivity index (χ1) is 11.9. The number of ketones is 1. The number of nitrogens with two attached hydrogens (primary N) is 1. The van der Waals surface area contributed by atoms with Crippen molar-refractivity contribution in [3.63, 3.8) is 0 Å². The number of amides is 1. The Morgan fingerprint density at radius 1 is 1.20 bits per heavy atom. The minimum absolute atomic E-state index is 0.0374. The van der Waals surface area contributed by atoms with Crippen molar-refractivity contribution >= 4 is 17.7 Å². The van der Waals surface area contributed by atoms with Crippen LogP contribution in [0.3, 0.4) is 0 Å². The molecular weight excluding hydrogens is 320 g/mol. The minimum atomic E-state index is -0.778. The molecule has 0 aliphatic carbocycles. The van der Waals surface area contributed by atoms with E-state index >= 15 is 0 Å². The Hall–Kier alpha value is -2.21. The van der Waals surface area contributed by atoms with Gasteiger partial charge in [-0.05, 0) is 31.7 Å². The van der Waals surface area contributed by atoms with E-state index in [-0.39, 0.29) is 24.5 Å². The number of benzene rings is 1. The minimum Gasteiger partial charge on any atom is -0.468 e. The zero-order valence-electron chi connectivity index (χ0n) is 14.9. The van der Waals surface area contributed by atoms with E-state index in [4.69, 9.17) is 5.73 Å². The summed E-state index contributed by atoms with van der Waals surface area (Å²) in [6.45, 7) is 2.68. The number of esters is 1. The smallest absolute Gasteiger partial charge is 0.322 e. The van der Waals surface area contributed by atoms with Crippen LogP contribution >= 0.6 is 0 Å². The molecule has 0 aromatic heterocycles. The van der Waals surface area contributed by atoms with Crippen molar-refractivity contribution in [2.75, 3.05) is 20.2 Å². The first-order valence-corrected chi connectivity index (χ1v) is 8.58. The molecule has 6 heteroatoms. The first kappa shape index (κ1) is 19.1. The van der Waals surface area contributed by atoms with Gasteiger partial charge in [0.1, 0.15) is 11.8 Å². The molecule has 1 heterocycles. The Kier molecular flexibility index (Phi) is 6.31. The van der Waals surface area contributed by atoms with Crippen LogP contribution in [0.5, 0.6) is 0 Å². The molecule has 1 aromatic rings. The molecule has 25 heavy (non-hydrogen) atoms. The molecule has 0 bridgehead atoms. The number of piperidine rings is 1. The third-order valence-corrected chi connectivity index (χ3v) is 5.14. The van der Waals surface area contributed by atoms with E-state index in [1.165, 1.54) is 7.11 Å². The largest absolute Gasteiger partial charge is 0.468 e. The molecule has 1 aliphatic rings. The maximum absolute atomic E-state index is 12.4. The number of methoxy groups -OCH3 is 1. The maximum atomic E-state index is 12.4. The van der Waals surface area contributed by atoms with Gasteiger partial charge in [-0.2, -0.15) is 0 Å². The van der Waals surface area contributed by atoms with Crippen LogP contribution in [0.4, 0.5) is 0 Å². The molecule has 0 radical (unpaired) electrons. The van der Waals surface area contributed by atoms with E-state index < -0.39 is 17.4 Å². The van der Waals surface area contributed by atoms with Crippen LogP contribution in [0, 0.1) is 0 Å². The SMILES string of the molecule is COC(=O)[C@@H](N)CCC(=O)N1CCC(C(C)=O)(c2ccccc2)CC1. The Bertz CT molecular complexity index is 622. The quantitative estimate of drug-likeness (QED) is 0.787. The molecule has 1 aliphatic heterocycles. The number of ether oxygens (including phenoxy) is 1. The second kappa shape index (κ2) is 8.25. The van der Waals surface area contributed by atoms with Crippen LogP contribution in [0.1, 0.15) is 38.2 Å². The van der Waals surface area contributed by atoms with Gasteiger partial charge in [-0.15, -0.1) is 0 Å². The number of carbonyl (C=O) groups is 3. The Morgan fingerprint density at radius 2 is 1.80 bits per heavy atom. The molecule has 2 rings (SSSR count). The molecule has 1 atom stereocenters. The number of Topliss-reactive ketones (excluding diaryl/α,β-unsaturated/α-hetero) is 1. The van der Waals surface area contributed by atoms with E-state index in [0.29, 0.717) is 25.9 Å². The molecule has 0 saturated carbocycles. The van der Waals surface area contributed by atoms with Crippen molar-refractivity contribution in [3.05, 3.63) is 35.9 Å². The van der Waals surface area contributed by atoms with Gasteiger partial charge in [0.05, 0.1) is 12.5 Å². The summed E-state index contributed by atoms with van der Waals surface area (Å²) in [5.41, 5.74) is 6.18. The molecule has 0 spiro atoms. The van der Waals surface area contributed by atoms with E-state index in [9.17, 15) is 14.4 Å². The van der Waals surface area contributed by atoms with Gasteiger partial charge in [0.2, 0.25) is 5.91 Å². The third-order valence-electron chi connectivity index (χ3n) is 5.14. The number of nitrogens with zero attached hydrogens (tertiary/aromatic N) is 1. The predicted octanol–water partition coefficient (Wildman–Crippen LogP) is 1.42. The number of likely N-dealkylation sites (tertiary alicyclic amines) is 1. The molecular formula is C19H26N2O4. The van der Waals surface area contributed by atoms with Crippen LogP contribution in [0.25, 0.3) is 0 Å². The lowest BCUT2D eigenvalue weighted by atomic mass is 9.70. The van der Waals surface area contributed by atoms with Gasteiger partial charge in [0.15, 0.2) is 0 Å². The number of rotatable bonds is 6. The lowest BCUT2D eigenvalue weighted by Gasteiger charge is -2.40. The fourth-order valence-electron chi connectivity index (χ4n) is 3.45. The molecule has 136 valence electrons. The number of hydrogen-bond donors (Lipinski definition) is 1. The first-order valence-electron chi connectivity index (χ1n) is 8.58. The highest BCUT2D eigenvalue weighted by Gasteiger charge is 2.41. The number of hydrogen-bond acceptors (Lipinski definition) is 5. The Balaban J connectivity index is 1.96. The van der Waals surface area contributed by atoms with Gasteiger partial charge in [0, 0.05) is 19.5 Å². The summed E-state index contributed by atoms with van der Waals surface area (Å²) in [6.07, 6.45) is 1.69. The Labute approximate surface area is 148 Å². The van der Waals surface area contributed by atoms with E-state index in [1.807, 2.05) is 30.3 Å². The maximum Gasteiger partial charge on any atom is 0.322 e. The predicted molar refractivity (Wildman–Crippen MR) is 93.8 cm³/mol. The summed E-state index contributed by atoms with van der Waals surface area (Å²) < 4.78 is 4.57. The summed E-state index contributed by atoms with van der Waals surface area (Å²) in [7, 11) is 1.28. The summed E-state index contributed by atoms with van der Waals surface area (Å²) in [6, 6.07) is 8.99. The normalized spacial score (nSPS) is 17.6. The highest BCUT2D eigenvalue weighted by Crippen LogP contribution is 2.36. The van der Waals surface area contributed by atoms with Crippen LogP contribution in [-0.4, -0.2) is 48.8 Å². The third kappa shape index (κ3) is 4.25. The molecule has 0 unspecified atom stereocenters. The second-order valence-corrected chi connectivity index (χ2v) is 6.55. The molecule has 1 amide bonds. The topological polar surface area (TPSA) is 89.7 Å². The van der Waals surface area contributed by atoms with Crippen molar-refractivity contribution < 1.29 is 19.1 Å². The van der Waals surface area contributed by atoms with Crippen LogP contribution in [0.15, 0.2) is 30.3 Å². The average molecular weight is 346 g/mol. The molecule has 6 nitrogen and oxygen atoms in total. The van der Waals surface area contributed by atoms with Crippen LogP contribution in [-0.2, 0) is 24.5 Å². The highest BCUT2D eigenvalue weighted by atomic mass is 16.5. The van der Waals surface area contributed by atoms with Gasteiger partial charge in [-0.25, -0.2) is 0 Å². The average Bonchev–Trinajstić information content (AvgIpc) is 2.65. The second-order valence-electron chi connectivity index (χ2n) is 6.55. The standard InChI is InChI=1S/C19H26N2O4/c1-14(22)19(15-6-4-3-5-7-15)10-12-21(13-11-19)17(23)9-8-16(20)18(24)25-2/h3-7,16H,8-13,20H2,1-2H3/t16-/m0/s1. The van der Waals surface area contributed by atoms with Crippen molar-refractivity contribution in [3.8, 4) is 0 Å². The summed E-state index contributed by atoms with van der Waals surface area (Å²) in [5.74, 6) is -0.408. The summed E-state index contributed by atoms with van der Waals surface area (Å²) in [4.78, 5) is 37.8. The van der Waals surface area contributed by atoms with Crippen molar-refractivity contribution in [2.24, 2.45) is 5.73 Å². The zero-order chi connectivity index (χ0) is 18.4. The fourth-order valence-corrected chi connectivity index (χ4v) is 3.45. The zero-order valence-corrected chi connectivity index (χ0v) is 14.9. The summed E-state index contributed by atoms with van der Waals surface area (Å²) >= 11 is 0. The highest BCUT2D eigenvalue weighted by molar-refractivity contribution is 5.88. The lowest BCUT2D eigenvalue weighted by Crippen LogP contribution is -2.48.